The van der Waals surface area contributed by atoms with Gasteiger partial charge in [-0.1, -0.05) is 6.07 Å². The van der Waals surface area contributed by atoms with Crippen molar-refractivity contribution in [2.75, 3.05) is 33.0 Å². The molecule has 0 aliphatic rings. The van der Waals surface area contributed by atoms with Crippen molar-refractivity contribution in [1.82, 2.24) is 16.2 Å². The molecule has 0 aromatic heterocycles. The average Bonchev–Trinajstić information content (AvgIpc) is 2.64. The summed E-state index contributed by atoms with van der Waals surface area (Å²) in [6, 6.07) is 6.69. The third-order valence-corrected chi connectivity index (χ3v) is 3.22. The Balaban J connectivity index is 2.39. The molecule has 0 fully saturated rings. The fourth-order valence-corrected chi connectivity index (χ4v) is 1.94. The summed E-state index contributed by atoms with van der Waals surface area (Å²) in [5, 5.41) is 2.47. The van der Waals surface area contributed by atoms with Crippen LogP contribution < -0.4 is 20.9 Å². The minimum Gasteiger partial charge on any atom is -0.491 e. The SMILES string of the molecule is CCOCCOc1cccc(C(=O)NC(=S)NNC(=O)CCOCC)c1. The van der Waals surface area contributed by atoms with Gasteiger partial charge in [0, 0.05) is 18.8 Å². The van der Waals surface area contributed by atoms with Crippen molar-refractivity contribution in [2.45, 2.75) is 20.3 Å². The molecular formula is C17H25N3O5S. The number of hydrogen-bond acceptors (Lipinski definition) is 6. The number of hydrazine groups is 1. The molecule has 0 atom stereocenters. The molecular weight excluding hydrogens is 358 g/mol. The van der Waals surface area contributed by atoms with Crippen LogP contribution in [0.25, 0.3) is 0 Å². The third kappa shape index (κ3) is 9.30. The molecule has 3 N–H and O–H groups in total. The van der Waals surface area contributed by atoms with Crippen LogP contribution >= 0.6 is 12.2 Å². The van der Waals surface area contributed by atoms with E-state index in [-0.39, 0.29) is 17.4 Å². The van der Waals surface area contributed by atoms with E-state index >= 15 is 0 Å². The van der Waals surface area contributed by atoms with Crippen molar-refractivity contribution < 1.29 is 23.8 Å². The fraction of sp³-hybridized carbons (Fsp3) is 0.471. The summed E-state index contributed by atoms with van der Waals surface area (Å²) in [6.45, 7) is 6.11. The Morgan fingerprint density at radius 2 is 1.77 bits per heavy atom. The summed E-state index contributed by atoms with van der Waals surface area (Å²) < 4.78 is 15.8. The molecule has 1 aromatic rings. The van der Waals surface area contributed by atoms with Crippen LogP contribution in [0.4, 0.5) is 0 Å². The first-order valence-electron chi connectivity index (χ1n) is 8.35. The topological polar surface area (TPSA) is 97.9 Å². The van der Waals surface area contributed by atoms with E-state index < -0.39 is 5.91 Å². The number of carbonyl (C=O) groups excluding carboxylic acids is 2. The van der Waals surface area contributed by atoms with Gasteiger partial charge in [-0.05, 0) is 44.3 Å². The first-order valence-corrected chi connectivity index (χ1v) is 8.76. The van der Waals surface area contributed by atoms with E-state index in [1.807, 2.05) is 13.8 Å². The van der Waals surface area contributed by atoms with Crippen LogP contribution in [0.1, 0.15) is 30.6 Å². The predicted octanol–water partition coefficient (Wildman–Crippen LogP) is 1.16. The highest BCUT2D eigenvalue weighted by atomic mass is 32.1. The molecule has 0 aliphatic heterocycles. The minimum absolute atomic E-state index is 0.0116. The number of amides is 2. The van der Waals surface area contributed by atoms with E-state index in [4.69, 9.17) is 26.4 Å². The van der Waals surface area contributed by atoms with Crippen molar-refractivity contribution in [3.8, 4) is 5.75 Å². The van der Waals surface area contributed by atoms with Gasteiger partial charge in [0.2, 0.25) is 5.91 Å². The number of thiocarbonyl (C=S) groups is 1. The minimum atomic E-state index is -0.415. The molecule has 0 radical (unpaired) electrons. The largest absolute Gasteiger partial charge is 0.491 e. The van der Waals surface area contributed by atoms with Gasteiger partial charge in [0.15, 0.2) is 5.11 Å². The number of nitrogens with one attached hydrogen (secondary N) is 3. The summed E-state index contributed by atoms with van der Waals surface area (Å²) in [5.74, 6) is -0.151. The van der Waals surface area contributed by atoms with Crippen molar-refractivity contribution in [1.29, 1.82) is 0 Å². The van der Waals surface area contributed by atoms with Gasteiger partial charge in [-0.15, -0.1) is 0 Å². The number of carbonyl (C=O) groups is 2. The molecule has 9 heteroatoms. The first kappa shape index (κ1) is 21.8. The van der Waals surface area contributed by atoms with Gasteiger partial charge in [-0.3, -0.25) is 25.8 Å². The summed E-state index contributed by atoms with van der Waals surface area (Å²) in [5.41, 5.74) is 5.24. The Kier molecular flexibility index (Phi) is 10.9. The number of rotatable bonds is 10. The van der Waals surface area contributed by atoms with Gasteiger partial charge < -0.3 is 14.2 Å². The lowest BCUT2D eigenvalue weighted by Gasteiger charge is -2.11. The maximum absolute atomic E-state index is 12.2. The Labute approximate surface area is 158 Å². The molecule has 1 aromatic carbocycles. The first-order chi connectivity index (χ1) is 12.6. The van der Waals surface area contributed by atoms with Gasteiger partial charge in [-0.2, -0.15) is 0 Å². The molecule has 2 amide bonds. The summed E-state index contributed by atoms with van der Waals surface area (Å²) in [7, 11) is 0. The molecule has 0 heterocycles. The second-order valence-corrected chi connectivity index (χ2v) is 5.38. The van der Waals surface area contributed by atoms with Crippen molar-refractivity contribution >= 4 is 29.1 Å². The van der Waals surface area contributed by atoms with E-state index in [2.05, 4.69) is 16.2 Å². The van der Waals surface area contributed by atoms with Crippen LogP contribution in [0.15, 0.2) is 24.3 Å². The van der Waals surface area contributed by atoms with Crippen molar-refractivity contribution in [3.63, 3.8) is 0 Å². The summed E-state index contributed by atoms with van der Waals surface area (Å²) >= 11 is 4.98. The van der Waals surface area contributed by atoms with Gasteiger partial charge in [0.1, 0.15) is 12.4 Å². The zero-order valence-corrected chi connectivity index (χ0v) is 15.8. The number of hydrogen-bond donors (Lipinski definition) is 3. The summed E-state index contributed by atoms with van der Waals surface area (Å²) in [4.78, 5) is 23.7. The third-order valence-electron chi connectivity index (χ3n) is 3.02. The predicted molar refractivity (Wildman–Crippen MR) is 101 cm³/mol. The van der Waals surface area contributed by atoms with Crippen LogP contribution in [-0.2, 0) is 14.3 Å². The molecule has 0 saturated carbocycles. The van der Waals surface area contributed by atoms with E-state index in [1.54, 1.807) is 24.3 Å². The molecule has 26 heavy (non-hydrogen) atoms. The van der Waals surface area contributed by atoms with Crippen LogP contribution in [-0.4, -0.2) is 50.0 Å². The Bertz CT molecular complexity index is 598. The molecule has 0 aliphatic carbocycles. The Hall–Kier alpha value is -2.23. The van der Waals surface area contributed by atoms with Gasteiger partial charge in [-0.25, -0.2) is 0 Å². The van der Waals surface area contributed by atoms with Gasteiger partial charge in [0.05, 0.1) is 19.6 Å². The monoisotopic (exact) mass is 383 g/mol. The van der Waals surface area contributed by atoms with Crippen molar-refractivity contribution in [3.05, 3.63) is 29.8 Å². The maximum Gasteiger partial charge on any atom is 0.257 e. The van der Waals surface area contributed by atoms with Crippen LogP contribution in [0.3, 0.4) is 0 Å². The highest BCUT2D eigenvalue weighted by Gasteiger charge is 2.09. The highest BCUT2D eigenvalue weighted by Crippen LogP contribution is 2.13. The Morgan fingerprint density at radius 3 is 2.50 bits per heavy atom. The highest BCUT2D eigenvalue weighted by molar-refractivity contribution is 7.80. The molecule has 0 unspecified atom stereocenters. The van der Waals surface area contributed by atoms with Gasteiger partial charge in [0.25, 0.3) is 5.91 Å². The Morgan fingerprint density at radius 1 is 1.04 bits per heavy atom. The average molecular weight is 383 g/mol. The molecule has 144 valence electrons. The maximum atomic E-state index is 12.2. The van der Waals surface area contributed by atoms with Crippen LogP contribution in [0, 0.1) is 0 Å². The molecule has 8 nitrogen and oxygen atoms in total. The lowest BCUT2D eigenvalue weighted by Crippen LogP contribution is -2.48. The van der Waals surface area contributed by atoms with Gasteiger partial charge >= 0.3 is 0 Å². The lowest BCUT2D eigenvalue weighted by molar-refractivity contribution is -0.122. The second-order valence-electron chi connectivity index (χ2n) is 4.98. The van der Waals surface area contributed by atoms with E-state index in [0.717, 1.165) is 0 Å². The second kappa shape index (κ2) is 13.0. The summed E-state index contributed by atoms with van der Waals surface area (Å²) in [6.07, 6.45) is 0.193. The van der Waals surface area contributed by atoms with Crippen LogP contribution in [0.5, 0.6) is 5.75 Å². The quantitative estimate of drug-likeness (QED) is 0.317. The fourth-order valence-electron chi connectivity index (χ4n) is 1.79. The smallest absolute Gasteiger partial charge is 0.257 e. The van der Waals surface area contributed by atoms with Crippen LogP contribution in [0.2, 0.25) is 0 Å². The normalized spacial score (nSPS) is 10.1. The van der Waals surface area contributed by atoms with E-state index in [9.17, 15) is 9.59 Å². The van der Waals surface area contributed by atoms with Crippen molar-refractivity contribution in [2.24, 2.45) is 0 Å². The lowest BCUT2D eigenvalue weighted by atomic mass is 10.2. The molecule has 0 bridgehead atoms. The van der Waals surface area contributed by atoms with E-state index in [0.29, 0.717) is 44.3 Å². The standard InChI is InChI=1S/C17H25N3O5S/c1-3-23-9-8-15(21)19-20-17(26)18-16(22)13-6-5-7-14(12-13)25-11-10-24-4-2/h5-7,12H,3-4,8-11H2,1-2H3,(H,19,21)(H2,18,20,22,26). The zero-order valence-electron chi connectivity index (χ0n) is 15.0. The molecule has 1 rings (SSSR count). The number of ether oxygens (including phenoxy) is 3. The molecule has 0 spiro atoms. The van der Waals surface area contributed by atoms with E-state index in [1.165, 1.54) is 0 Å². The molecule has 0 saturated heterocycles. The zero-order chi connectivity index (χ0) is 19.2. The number of benzene rings is 1.